The molecule has 1 aromatic heterocycles. The highest BCUT2D eigenvalue weighted by molar-refractivity contribution is 7.92. The summed E-state index contributed by atoms with van der Waals surface area (Å²) >= 11 is 5.95. The van der Waals surface area contributed by atoms with Gasteiger partial charge in [0.2, 0.25) is 0 Å². The average molecular weight is 505 g/mol. The number of hydrogen-bond acceptors (Lipinski definition) is 5. The number of nitriles is 1. The van der Waals surface area contributed by atoms with Crippen molar-refractivity contribution in [3.05, 3.63) is 102 Å². The number of hydrogen-bond donors (Lipinski definition) is 0. The first-order valence-corrected chi connectivity index (χ1v) is 12.4. The number of carbonyl (C=O) groups excluding carboxylic acids is 1. The average Bonchev–Trinajstić information content (AvgIpc) is 3.20. The van der Waals surface area contributed by atoms with Crippen LogP contribution in [0.15, 0.2) is 90.3 Å². The molecular formula is C26H21ClN4O3S. The Morgan fingerprint density at radius 1 is 1.17 bits per heavy atom. The SMILES string of the molecule is C=CCN(c1ccc(Cl)cc1)S(=O)(=O)c1cccc(C(=O)C(C#N)c2nc3ccccc3n2C)c1. The standard InChI is InChI=1S/C26H21ClN4O3S/c1-3-15-31(20-13-11-19(27)12-14-20)35(33,34)21-8-6-7-18(16-21)25(32)22(17-28)26-29-23-9-4-5-10-24(23)30(26)2/h3-14,16,22H,1,15H2,2H3. The summed E-state index contributed by atoms with van der Waals surface area (Å²) in [5, 5.41) is 10.3. The molecule has 35 heavy (non-hydrogen) atoms. The highest BCUT2D eigenvalue weighted by atomic mass is 35.5. The molecule has 1 atom stereocenters. The fraction of sp³-hybridized carbons (Fsp3) is 0.115. The van der Waals surface area contributed by atoms with Crippen molar-refractivity contribution >= 4 is 44.1 Å². The quantitative estimate of drug-likeness (QED) is 0.246. The van der Waals surface area contributed by atoms with E-state index in [2.05, 4.69) is 11.6 Å². The van der Waals surface area contributed by atoms with Crippen molar-refractivity contribution in [2.75, 3.05) is 10.8 Å². The molecule has 0 radical (unpaired) electrons. The van der Waals surface area contributed by atoms with Crippen LogP contribution >= 0.6 is 11.6 Å². The second-order valence-electron chi connectivity index (χ2n) is 7.77. The number of aromatic nitrogens is 2. The molecule has 4 aromatic rings. The molecule has 3 aromatic carbocycles. The van der Waals surface area contributed by atoms with E-state index in [0.29, 0.717) is 22.1 Å². The van der Waals surface area contributed by atoms with Gasteiger partial charge in [0.1, 0.15) is 5.82 Å². The minimum absolute atomic E-state index is 0.0167. The third-order valence-corrected chi connectivity index (χ3v) is 7.63. The first kappa shape index (κ1) is 24.2. The Morgan fingerprint density at radius 2 is 1.89 bits per heavy atom. The number of sulfonamides is 1. The zero-order chi connectivity index (χ0) is 25.2. The van der Waals surface area contributed by atoms with Gasteiger partial charge in [-0.2, -0.15) is 5.26 Å². The van der Waals surface area contributed by atoms with Crippen molar-refractivity contribution in [2.45, 2.75) is 10.8 Å². The highest BCUT2D eigenvalue weighted by Gasteiger charge is 2.29. The topological polar surface area (TPSA) is 96.1 Å². The number of ketones is 1. The maximum absolute atomic E-state index is 13.5. The highest BCUT2D eigenvalue weighted by Crippen LogP contribution is 2.28. The summed E-state index contributed by atoms with van der Waals surface area (Å²) in [6.07, 6.45) is 1.47. The zero-order valence-electron chi connectivity index (χ0n) is 18.8. The van der Waals surface area contributed by atoms with Crippen LogP contribution in [0, 0.1) is 11.3 Å². The van der Waals surface area contributed by atoms with Crippen molar-refractivity contribution in [3.8, 4) is 6.07 Å². The molecule has 0 N–H and O–H groups in total. The lowest BCUT2D eigenvalue weighted by Gasteiger charge is -2.23. The van der Waals surface area contributed by atoms with Gasteiger partial charge in [-0.15, -0.1) is 6.58 Å². The van der Waals surface area contributed by atoms with Crippen LogP contribution in [-0.4, -0.2) is 30.3 Å². The molecule has 9 heteroatoms. The van der Waals surface area contributed by atoms with E-state index in [0.717, 1.165) is 5.52 Å². The summed E-state index contributed by atoms with van der Waals surface area (Å²) in [6, 6.07) is 21.4. The van der Waals surface area contributed by atoms with Gasteiger partial charge in [-0.25, -0.2) is 13.4 Å². The van der Waals surface area contributed by atoms with Crippen LogP contribution in [0.3, 0.4) is 0 Å². The smallest absolute Gasteiger partial charge is 0.264 e. The van der Waals surface area contributed by atoms with Crippen LogP contribution in [0.5, 0.6) is 0 Å². The van der Waals surface area contributed by atoms with Crippen molar-refractivity contribution < 1.29 is 13.2 Å². The van der Waals surface area contributed by atoms with Gasteiger partial charge in [-0.05, 0) is 48.5 Å². The lowest BCUT2D eigenvalue weighted by atomic mass is 9.98. The van der Waals surface area contributed by atoms with Crippen molar-refractivity contribution in [1.29, 1.82) is 5.26 Å². The first-order valence-electron chi connectivity index (χ1n) is 10.6. The second kappa shape index (κ2) is 9.74. The molecule has 0 saturated heterocycles. The molecule has 0 amide bonds. The van der Waals surface area contributed by atoms with Crippen LogP contribution in [0.1, 0.15) is 22.1 Å². The number of benzene rings is 3. The largest absolute Gasteiger partial charge is 0.330 e. The lowest BCUT2D eigenvalue weighted by Crippen LogP contribution is -2.31. The molecule has 7 nitrogen and oxygen atoms in total. The van der Waals surface area contributed by atoms with E-state index in [9.17, 15) is 18.5 Å². The van der Waals surface area contributed by atoms with Gasteiger partial charge in [0.25, 0.3) is 10.0 Å². The summed E-state index contributed by atoms with van der Waals surface area (Å²) in [5.74, 6) is -1.45. The van der Waals surface area contributed by atoms with E-state index < -0.39 is 21.7 Å². The summed E-state index contributed by atoms with van der Waals surface area (Å²) < 4.78 is 29.9. The number of fused-ring (bicyclic) bond motifs is 1. The van der Waals surface area contributed by atoms with Crippen LogP contribution in [-0.2, 0) is 17.1 Å². The van der Waals surface area contributed by atoms with E-state index in [-0.39, 0.29) is 17.0 Å². The molecule has 0 saturated carbocycles. The van der Waals surface area contributed by atoms with Crippen molar-refractivity contribution in [2.24, 2.45) is 7.05 Å². The molecule has 1 heterocycles. The van der Waals surface area contributed by atoms with Crippen molar-refractivity contribution in [3.63, 3.8) is 0 Å². The normalized spacial score (nSPS) is 12.1. The fourth-order valence-electron chi connectivity index (χ4n) is 3.83. The fourth-order valence-corrected chi connectivity index (χ4v) is 5.43. The van der Waals surface area contributed by atoms with Crippen LogP contribution in [0.25, 0.3) is 11.0 Å². The number of nitrogens with zero attached hydrogens (tertiary/aromatic N) is 4. The molecule has 0 aliphatic carbocycles. The molecule has 0 aliphatic heterocycles. The molecule has 0 aliphatic rings. The lowest BCUT2D eigenvalue weighted by molar-refractivity contribution is 0.0975. The number of carbonyl (C=O) groups is 1. The number of rotatable bonds is 8. The summed E-state index contributed by atoms with van der Waals surface area (Å²) in [4.78, 5) is 17.8. The Kier molecular flexibility index (Phi) is 6.74. The first-order chi connectivity index (χ1) is 16.8. The number of aryl methyl sites for hydroxylation is 1. The molecule has 0 bridgehead atoms. The van der Waals surface area contributed by atoms with Crippen LogP contribution in [0.2, 0.25) is 5.02 Å². The zero-order valence-corrected chi connectivity index (χ0v) is 20.4. The minimum Gasteiger partial charge on any atom is -0.330 e. The molecule has 1 unspecified atom stereocenters. The number of Topliss-reactive ketones (excluding diaryl/α,β-unsaturated/α-hetero) is 1. The van der Waals surface area contributed by atoms with Gasteiger partial charge in [0.15, 0.2) is 11.7 Å². The molecule has 0 spiro atoms. The van der Waals surface area contributed by atoms with E-state index in [1.54, 1.807) is 41.9 Å². The predicted octanol–water partition coefficient (Wildman–Crippen LogP) is 5.10. The van der Waals surface area contributed by atoms with Gasteiger partial charge < -0.3 is 4.57 Å². The second-order valence-corrected chi connectivity index (χ2v) is 10.1. The van der Waals surface area contributed by atoms with Gasteiger partial charge in [0, 0.05) is 17.6 Å². The maximum atomic E-state index is 13.5. The predicted molar refractivity (Wildman–Crippen MR) is 136 cm³/mol. The summed E-state index contributed by atoms with van der Waals surface area (Å²) in [7, 11) is -2.31. The number of anilines is 1. The third-order valence-electron chi connectivity index (χ3n) is 5.59. The monoisotopic (exact) mass is 504 g/mol. The third kappa shape index (κ3) is 4.56. The minimum atomic E-state index is -4.05. The van der Waals surface area contributed by atoms with Gasteiger partial charge >= 0.3 is 0 Å². The van der Waals surface area contributed by atoms with Crippen LogP contribution in [0.4, 0.5) is 5.69 Å². The Labute approximate surface area is 208 Å². The van der Waals surface area contributed by atoms with Gasteiger partial charge in [-0.1, -0.05) is 41.9 Å². The number of imidazole rings is 1. The Bertz CT molecular complexity index is 1570. The van der Waals surface area contributed by atoms with E-state index >= 15 is 0 Å². The van der Waals surface area contributed by atoms with Gasteiger partial charge in [-0.3, -0.25) is 9.10 Å². The van der Waals surface area contributed by atoms with Crippen LogP contribution < -0.4 is 4.31 Å². The Morgan fingerprint density at radius 3 is 2.54 bits per heavy atom. The summed E-state index contributed by atoms with van der Waals surface area (Å²) in [5.41, 5.74) is 1.95. The Balaban J connectivity index is 1.73. The van der Waals surface area contributed by atoms with E-state index in [1.807, 2.05) is 24.3 Å². The van der Waals surface area contributed by atoms with E-state index in [4.69, 9.17) is 11.6 Å². The van der Waals surface area contributed by atoms with Gasteiger partial charge in [0.05, 0.1) is 34.2 Å². The molecule has 4 rings (SSSR count). The number of para-hydroxylation sites is 2. The molecule has 0 fully saturated rings. The summed E-state index contributed by atoms with van der Waals surface area (Å²) in [6.45, 7) is 3.68. The van der Waals surface area contributed by atoms with E-state index in [1.165, 1.54) is 34.6 Å². The molecule has 176 valence electrons. The maximum Gasteiger partial charge on any atom is 0.264 e. The number of halogens is 1. The van der Waals surface area contributed by atoms with Crippen molar-refractivity contribution in [1.82, 2.24) is 9.55 Å². The molecular weight excluding hydrogens is 484 g/mol. The Hall–Kier alpha value is -3.93.